The van der Waals surface area contributed by atoms with E-state index >= 15 is 0 Å². The summed E-state index contributed by atoms with van der Waals surface area (Å²) < 4.78 is 16.7. The van der Waals surface area contributed by atoms with E-state index < -0.39 is 49.5 Å². The lowest BCUT2D eigenvalue weighted by Crippen LogP contribution is -2.60. The van der Waals surface area contributed by atoms with Crippen molar-refractivity contribution in [3.63, 3.8) is 0 Å². The van der Waals surface area contributed by atoms with Crippen molar-refractivity contribution in [1.29, 1.82) is 0 Å². The fourth-order valence-electron chi connectivity index (χ4n) is 10.6. The van der Waals surface area contributed by atoms with Crippen molar-refractivity contribution in [3.8, 4) is 0 Å². The summed E-state index contributed by atoms with van der Waals surface area (Å²) in [4.78, 5) is 25.0. The molecule has 0 spiro atoms. The normalized spacial score (nSPS) is 18.5. The zero-order valence-electron chi connectivity index (χ0n) is 52.9. The fourth-order valence-corrected chi connectivity index (χ4v) is 10.6. The Hall–Kier alpha value is -2.64. The molecule has 11 heteroatoms. The highest BCUT2D eigenvalue weighted by atomic mass is 16.7. The maximum Gasteiger partial charge on any atom is 0.305 e. The number of carbonyl (C=O) groups excluding carboxylic acids is 2. The van der Waals surface area contributed by atoms with Crippen molar-refractivity contribution >= 4 is 11.9 Å². The molecule has 478 valence electrons. The summed E-state index contributed by atoms with van der Waals surface area (Å²) in [5, 5.41) is 54.2. The van der Waals surface area contributed by atoms with E-state index in [0.29, 0.717) is 19.4 Å². The predicted octanol–water partition coefficient (Wildman–Crippen LogP) is 17.3. The van der Waals surface area contributed by atoms with Crippen LogP contribution in [0.4, 0.5) is 0 Å². The lowest BCUT2D eigenvalue weighted by molar-refractivity contribution is -0.302. The summed E-state index contributed by atoms with van der Waals surface area (Å²) in [7, 11) is 0. The number of nitrogens with one attached hydrogen (secondary N) is 1. The van der Waals surface area contributed by atoms with Crippen LogP contribution in [0.25, 0.3) is 0 Å². The van der Waals surface area contributed by atoms with Crippen molar-refractivity contribution in [2.45, 2.75) is 358 Å². The Labute approximate surface area is 503 Å². The summed E-state index contributed by atoms with van der Waals surface area (Å²) in [5.74, 6) is -0.196. The van der Waals surface area contributed by atoms with Gasteiger partial charge in [0.2, 0.25) is 5.91 Å². The largest absolute Gasteiger partial charge is 0.466 e. The Bertz CT molecular complexity index is 1550. The van der Waals surface area contributed by atoms with E-state index in [4.69, 9.17) is 14.2 Å². The minimum atomic E-state index is -1.58. The first-order valence-electron chi connectivity index (χ1n) is 34.6. The van der Waals surface area contributed by atoms with Crippen LogP contribution in [-0.2, 0) is 23.8 Å². The third-order valence-electron chi connectivity index (χ3n) is 16.1. The summed E-state index contributed by atoms with van der Waals surface area (Å²) in [6.45, 7) is 4.26. The molecule has 82 heavy (non-hydrogen) atoms. The van der Waals surface area contributed by atoms with Gasteiger partial charge in [-0.05, 0) is 103 Å². The summed E-state index contributed by atoms with van der Waals surface area (Å²) in [6.07, 6.45) is 69.5. The molecule has 1 saturated heterocycles. The van der Waals surface area contributed by atoms with Gasteiger partial charge in [-0.1, -0.05) is 261 Å². The van der Waals surface area contributed by atoms with E-state index in [9.17, 15) is 35.1 Å². The van der Waals surface area contributed by atoms with E-state index in [-0.39, 0.29) is 18.5 Å². The monoisotopic (exact) mass is 1160 g/mol. The van der Waals surface area contributed by atoms with Gasteiger partial charge in [-0.3, -0.25) is 9.59 Å². The van der Waals surface area contributed by atoms with Gasteiger partial charge >= 0.3 is 5.97 Å². The number of hydrogen-bond acceptors (Lipinski definition) is 10. The molecule has 7 unspecified atom stereocenters. The van der Waals surface area contributed by atoms with Crippen molar-refractivity contribution in [3.05, 3.63) is 60.8 Å². The Morgan fingerprint density at radius 3 is 1.28 bits per heavy atom. The van der Waals surface area contributed by atoms with Crippen molar-refractivity contribution < 1.29 is 49.3 Å². The number of amides is 1. The Morgan fingerprint density at radius 2 is 0.829 bits per heavy atom. The minimum absolute atomic E-state index is 0.00387. The van der Waals surface area contributed by atoms with E-state index in [1.807, 2.05) is 6.08 Å². The number of carbonyl (C=O) groups is 2. The molecule has 0 saturated carbocycles. The van der Waals surface area contributed by atoms with Crippen LogP contribution in [-0.4, -0.2) is 100 Å². The van der Waals surface area contributed by atoms with E-state index in [2.05, 4.69) is 67.8 Å². The Kier molecular flexibility index (Phi) is 56.7. The molecule has 6 N–H and O–H groups in total. The Morgan fingerprint density at radius 1 is 0.451 bits per heavy atom. The standard InChI is InChI=1S/C71H129NO10/c1-3-5-7-9-11-13-14-39-43-47-51-55-59-67(76)80-60-56-52-48-44-40-37-35-33-31-29-27-25-23-21-19-17-15-16-18-20-22-24-26-28-30-32-34-36-38-42-46-50-54-58-66(75)72-63(64(74)57-53-49-45-41-12-10-8-6-4-2)62-81-71-70(79)69(78)68(77)65(61-73)82-71/h11-13,19,21,25,27,41,53,57,63-65,68-71,73-74,77-79H,3-10,14-18,20,22-24,26,28-40,42-52,54-56,58-62H2,1-2H3,(H,72,75)/b13-11-,21-19-,27-25-,41-12+,57-53+. The van der Waals surface area contributed by atoms with Gasteiger partial charge in [0.15, 0.2) is 6.29 Å². The summed E-state index contributed by atoms with van der Waals surface area (Å²) in [5.41, 5.74) is 0. The second-order valence-corrected chi connectivity index (χ2v) is 23.9. The highest BCUT2D eigenvalue weighted by molar-refractivity contribution is 5.76. The highest BCUT2D eigenvalue weighted by Gasteiger charge is 2.44. The van der Waals surface area contributed by atoms with E-state index in [1.165, 1.54) is 225 Å². The first kappa shape index (κ1) is 77.4. The van der Waals surface area contributed by atoms with Crippen molar-refractivity contribution in [2.24, 2.45) is 0 Å². The molecule has 1 heterocycles. The van der Waals surface area contributed by atoms with Gasteiger partial charge in [-0.2, -0.15) is 0 Å². The Balaban J connectivity index is 1.93. The SMILES string of the molecule is CCCCC/C=C\CCCCCCCC(=O)OCCCCCCCCCCC/C=C\C/C=C\CCCCCCCCCCCCCCCCCCCC(=O)NC(COC1OC(CO)C(O)C(O)C1O)C(O)/C=C/CC/C=C/CCCCC. The van der Waals surface area contributed by atoms with Crippen LogP contribution < -0.4 is 5.32 Å². The zero-order valence-corrected chi connectivity index (χ0v) is 52.9. The molecule has 11 nitrogen and oxygen atoms in total. The van der Waals surface area contributed by atoms with Crippen molar-refractivity contribution in [1.82, 2.24) is 5.32 Å². The molecule has 0 aromatic rings. The molecule has 0 aromatic carbocycles. The molecule has 1 amide bonds. The first-order chi connectivity index (χ1) is 40.2. The number of esters is 1. The molecule has 0 bridgehead atoms. The molecule has 1 rings (SSSR count). The number of aliphatic hydroxyl groups is 5. The van der Waals surface area contributed by atoms with Gasteiger partial charge in [0.05, 0.1) is 32.0 Å². The maximum atomic E-state index is 13.0. The third kappa shape index (κ3) is 48.6. The molecule has 0 aliphatic carbocycles. The molecule has 0 radical (unpaired) electrons. The number of rotatable bonds is 60. The highest BCUT2D eigenvalue weighted by Crippen LogP contribution is 2.23. The maximum absolute atomic E-state index is 13.0. The average Bonchev–Trinajstić information content (AvgIpc) is 3.68. The van der Waals surface area contributed by atoms with Gasteiger partial charge in [0.25, 0.3) is 0 Å². The van der Waals surface area contributed by atoms with Gasteiger partial charge < -0.3 is 45.1 Å². The van der Waals surface area contributed by atoms with Gasteiger partial charge in [-0.25, -0.2) is 0 Å². The fraction of sp³-hybridized carbons (Fsp3) is 0.831. The number of unbranched alkanes of at least 4 members (excludes halogenated alkanes) is 38. The third-order valence-corrected chi connectivity index (χ3v) is 16.1. The smallest absolute Gasteiger partial charge is 0.305 e. The lowest BCUT2D eigenvalue weighted by atomic mass is 9.99. The molecule has 7 atom stereocenters. The van der Waals surface area contributed by atoms with Crippen LogP contribution in [0.5, 0.6) is 0 Å². The number of hydrogen-bond donors (Lipinski definition) is 6. The molecule has 1 aliphatic rings. The van der Waals surface area contributed by atoms with Gasteiger partial charge in [-0.15, -0.1) is 0 Å². The second kappa shape index (κ2) is 60.1. The quantitative estimate of drug-likeness (QED) is 0.0195. The van der Waals surface area contributed by atoms with Crippen LogP contribution in [0.15, 0.2) is 60.8 Å². The van der Waals surface area contributed by atoms with E-state index in [0.717, 1.165) is 64.2 Å². The molecular weight excluding hydrogens is 1030 g/mol. The molecule has 1 aliphatic heterocycles. The minimum Gasteiger partial charge on any atom is -0.466 e. The van der Waals surface area contributed by atoms with E-state index in [1.54, 1.807) is 6.08 Å². The molecule has 1 fully saturated rings. The predicted molar refractivity (Wildman–Crippen MR) is 343 cm³/mol. The van der Waals surface area contributed by atoms with Crippen LogP contribution in [0.1, 0.15) is 316 Å². The van der Waals surface area contributed by atoms with Crippen LogP contribution in [0, 0.1) is 0 Å². The molecular formula is C71H129NO10. The number of ether oxygens (including phenoxy) is 3. The summed E-state index contributed by atoms with van der Waals surface area (Å²) >= 11 is 0. The lowest BCUT2D eigenvalue weighted by Gasteiger charge is -2.40. The number of allylic oxidation sites excluding steroid dienone is 9. The van der Waals surface area contributed by atoms with Crippen LogP contribution >= 0.6 is 0 Å². The first-order valence-corrected chi connectivity index (χ1v) is 34.6. The van der Waals surface area contributed by atoms with Gasteiger partial charge in [0.1, 0.15) is 24.4 Å². The second-order valence-electron chi connectivity index (χ2n) is 23.9. The topological polar surface area (TPSA) is 175 Å². The van der Waals surface area contributed by atoms with Crippen LogP contribution in [0.2, 0.25) is 0 Å². The van der Waals surface area contributed by atoms with Gasteiger partial charge in [0, 0.05) is 12.8 Å². The number of aliphatic hydroxyl groups excluding tert-OH is 5. The molecule has 0 aromatic heterocycles. The summed E-state index contributed by atoms with van der Waals surface area (Å²) in [6, 6.07) is -0.825. The average molecular weight is 1160 g/mol. The van der Waals surface area contributed by atoms with Crippen LogP contribution in [0.3, 0.4) is 0 Å². The zero-order chi connectivity index (χ0) is 59.5. The van der Waals surface area contributed by atoms with Crippen molar-refractivity contribution in [2.75, 3.05) is 19.8 Å².